The van der Waals surface area contributed by atoms with E-state index in [1.807, 2.05) is 0 Å². The van der Waals surface area contributed by atoms with E-state index in [1.165, 1.54) is 12.1 Å². The van der Waals surface area contributed by atoms with Crippen LogP contribution in [0.5, 0.6) is 0 Å². The average Bonchev–Trinajstić information content (AvgIpc) is 2.81. The number of amides is 1. The van der Waals surface area contributed by atoms with Crippen molar-refractivity contribution < 1.29 is 23.6 Å². The van der Waals surface area contributed by atoms with Gasteiger partial charge < -0.3 is 14.9 Å². The average molecular weight is 250 g/mol. The van der Waals surface area contributed by atoms with Gasteiger partial charge in [0, 0.05) is 5.69 Å². The molecule has 7 heteroatoms. The van der Waals surface area contributed by atoms with Gasteiger partial charge in [0.1, 0.15) is 17.6 Å². The number of benzene rings is 1. The van der Waals surface area contributed by atoms with E-state index in [4.69, 9.17) is 5.11 Å². The van der Waals surface area contributed by atoms with Crippen molar-refractivity contribution in [2.24, 2.45) is 0 Å². The molecule has 1 heterocycles. The van der Waals surface area contributed by atoms with Crippen LogP contribution in [0.1, 0.15) is 20.8 Å². The maximum absolute atomic E-state index is 12.6. The number of aromatic carboxylic acids is 1. The van der Waals surface area contributed by atoms with E-state index in [2.05, 4.69) is 15.0 Å². The van der Waals surface area contributed by atoms with E-state index in [9.17, 15) is 14.0 Å². The molecule has 1 aromatic heterocycles. The summed E-state index contributed by atoms with van der Waals surface area (Å²) >= 11 is 0. The molecule has 0 spiro atoms. The van der Waals surface area contributed by atoms with Gasteiger partial charge in [-0.1, -0.05) is 5.16 Å². The number of halogens is 1. The van der Waals surface area contributed by atoms with Gasteiger partial charge >= 0.3 is 5.97 Å². The standard InChI is InChI=1S/C11H7FN2O4/c12-6-1-3-7(4-2-6)13-10(15)9-8(11(16)17)5-18-14-9/h1-5H,(H,13,15)(H,16,17). The Bertz CT molecular complexity index is 591. The maximum Gasteiger partial charge on any atom is 0.341 e. The maximum atomic E-state index is 12.6. The molecular formula is C11H7FN2O4. The van der Waals surface area contributed by atoms with Crippen LogP contribution in [-0.2, 0) is 0 Å². The van der Waals surface area contributed by atoms with Crippen LogP contribution in [0.2, 0.25) is 0 Å². The lowest BCUT2D eigenvalue weighted by Crippen LogP contribution is -2.16. The molecule has 0 unspecified atom stereocenters. The van der Waals surface area contributed by atoms with Crippen molar-refractivity contribution in [1.29, 1.82) is 0 Å². The minimum atomic E-state index is -1.32. The molecule has 0 aliphatic rings. The predicted octanol–water partition coefficient (Wildman–Crippen LogP) is 1.76. The Morgan fingerprint density at radius 1 is 1.28 bits per heavy atom. The quantitative estimate of drug-likeness (QED) is 0.865. The minimum Gasteiger partial charge on any atom is -0.477 e. The summed E-state index contributed by atoms with van der Waals surface area (Å²) in [5, 5.41) is 14.5. The smallest absolute Gasteiger partial charge is 0.341 e. The van der Waals surface area contributed by atoms with Crippen LogP contribution in [0, 0.1) is 5.82 Å². The number of rotatable bonds is 3. The SMILES string of the molecule is O=C(O)c1conc1C(=O)Nc1ccc(F)cc1. The Kier molecular flexibility index (Phi) is 3.05. The van der Waals surface area contributed by atoms with Gasteiger partial charge in [-0.3, -0.25) is 4.79 Å². The van der Waals surface area contributed by atoms with E-state index < -0.39 is 17.7 Å². The molecule has 92 valence electrons. The first kappa shape index (κ1) is 11.8. The summed E-state index contributed by atoms with van der Waals surface area (Å²) in [5.74, 6) is -2.51. The largest absolute Gasteiger partial charge is 0.477 e. The summed E-state index contributed by atoms with van der Waals surface area (Å²) in [6.45, 7) is 0. The first-order valence-corrected chi connectivity index (χ1v) is 4.82. The van der Waals surface area contributed by atoms with Crippen molar-refractivity contribution in [1.82, 2.24) is 5.16 Å². The number of nitrogens with zero attached hydrogens (tertiary/aromatic N) is 1. The molecule has 0 radical (unpaired) electrons. The van der Waals surface area contributed by atoms with Crippen molar-refractivity contribution in [2.75, 3.05) is 5.32 Å². The fourth-order valence-electron chi connectivity index (χ4n) is 1.28. The molecule has 0 aliphatic carbocycles. The number of carbonyl (C=O) groups excluding carboxylic acids is 1. The number of carboxylic acid groups (broad SMARTS) is 1. The van der Waals surface area contributed by atoms with Crippen LogP contribution in [-0.4, -0.2) is 22.1 Å². The summed E-state index contributed by atoms with van der Waals surface area (Å²) in [7, 11) is 0. The summed E-state index contributed by atoms with van der Waals surface area (Å²) in [5.41, 5.74) is -0.359. The molecule has 1 aromatic carbocycles. The van der Waals surface area contributed by atoms with Gasteiger partial charge in [0.25, 0.3) is 5.91 Å². The zero-order valence-electron chi connectivity index (χ0n) is 8.88. The Labute approximate surface area is 100 Å². The van der Waals surface area contributed by atoms with E-state index in [1.54, 1.807) is 0 Å². The lowest BCUT2D eigenvalue weighted by Gasteiger charge is -2.02. The Morgan fingerprint density at radius 2 is 1.94 bits per heavy atom. The fraction of sp³-hybridized carbons (Fsp3) is 0. The first-order chi connectivity index (χ1) is 8.58. The second-order valence-corrected chi connectivity index (χ2v) is 3.34. The van der Waals surface area contributed by atoms with Crippen molar-refractivity contribution in [3.63, 3.8) is 0 Å². The highest BCUT2D eigenvalue weighted by Gasteiger charge is 2.21. The van der Waals surface area contributed by atoms with Gasteiger partial charge in [0.15, 0.2) is 5.69 Å². The Balaban J connectivity index is 2.19. The molecule has 0 saturated carbocycles. The van der Waals surface area contributed by atoms with Crippen molar-refractivity contribution in [3.05, 3.63) is 47.6 Å². The van der Waals surface area contributed by atoms with E-state index in [-0.39, 0.29) is 11.3 Å². The lowest BCUT2D eigenvalue weighted by atomic mass is 10.2. The number of anilines is 1. The van der Waals surface area contributed by atoms with Gasteiger partial charge in [-0.05, 0) is 24.3 Å². The molecule has 0 fully saturated rings. The lowest BCUT2D eigenvalue weighted by molar-refractivity contribution is 0.0692. The van der Waals surface area contributed by atoms with E-state index >= 15 is 0 Å². The van der Waals surface area contributed by atoms with Gasteiger partial charge in [-0.15, -0.1) is 0 Å². The number of carboxylic acids is 1. The Hall–Kier alpha value is -2.70. The zero-order valence-corrected chi connectivity index (χ0v) is 8.88. The fourth-order valence-corrected chi connectivity index (χ4v) is 1.28. The summed E-state index contributed by atoms with van der Waals surface area (Å²) in [4.78, 5) is 22.4. The van der Waals surface area contributed by atoms with Crippen molar-refractivity contribution >= 4 is 17.6 Å². The molecule has 0 saturated heterocycles. The third-order valence-electron chi connectivity index (χ3n) is 2.12. The van der Waals surface area contributed by atoms with Crippen LogP contribution < -0.4 is 5.32 Å². The number of hydrogen-bond donors (Lipinski definition) is 2. The zero-order chi connectivity index (χ0) is 13.1. The number of aromatic nitrogens is 1. The van der Waals surface area contributed by atoms with Gasteiger partial charge in [-0.25, -0.2) is 9.18 Å². The highest BCUT2D eigenvalue weighted by atomic mass is 19.1. The molecule has 0 bridgehead atoms. The molecule has 6 nitrogen and oxygen atoms in total. The summed E-state index contributed by atoms with van der Waals surface area (Å²) in [6, 6.07) is 5.01. The molecule has 0 atom stereocenters. The van der Waals surface area contributed by atoms with Crippen LogP contribution in [0.15, 0.2) is 35.1 Å². The van der Waals surface area contributed by atoms with E-state index in [0.717, 1.165) is 18.4 Å². The van der Waals surface area contributed by atoms with Gasteiger partial charge in [0.05, 0.1) is 0 Å². The highest BCUT2D eigenvalue weighted by Crippen LogP contribution is 2.12. The highest BCUT2D eigenvalue weighted by molar-refractivity contribution is 6.09. The van der Waals surface area contributed by atoms with E-state index in [0.29, 0.717) is 5.69 Å². The van der Waals surface area contributed by atoms with Crippen molar-refractivity contribution in [3.8, 4) is 0 Å². The minimum absolute atomic E-state index is 0.320. The summed E-state index contributed by atoms with van der Waals surface area (Å²) in [6.07, 6.45) is 0.863. The monoisotopic (exact) mass is 250 g/mol. The topological polar surface area (TPSA) is 92.4 Å². The molecular weight excluding hydrogens is 243 g/mol. The molecule has 1 amide bonds. The molecule has 0 aliphatic heterocycles. The van der Waals surface area contributed by atoms with Crippen LogP contribution in [0.25, 0.3) is 0 Å². The summed E-state index contributed by atoms with van der Waals surface area (Å²) < 4.78 is 17.1. The third kappa shape index (κ3) is 2.34. The Morgan fingerprint density at radius 3 is 2.56 bits per heavy atom. The molecule has 18 heavy (non-hydrogen) atoms. The number of nitrogens with one attached hydrogen (secondary N) is 1. The normalized spacial score (nSPS) is 10.1. The third-order valence-corrected chi connectivity index (χ3v) is 2.12. The first-order valence-electron chi connectivity index (χ1n) is 4.82. The van der Waals surface area contributed by atoms with Crippen LogP contribution >= 0.6 is 0 Å². The molecule has 2 aromatic rings. The molecule has 2 rings (SSSR count). The number of carbonyl (C=O) groups is 2. The van der Waals surface area contributed by atoms with Crippen LogP contribution in [0.3, 0.4) is 0 Å². The van der Waals surface area contributed by atoms with Crippen LogP contribution in [0.4, 0.5) is 10.1 Å². The molecule has 2 N–H and O–H groups in total. The predicted molar refractivity (Wildman–Crippen MR) is 57.8 cm³/mol. The van der Waals surface area contributed by atoms with Gasteiger partial charge in [0.2, 0.25) is 0 Å². The second kappa shape index (κ2) is 4.66. The second-order valence-electron chi connectivity index (χ2n) is 3.34. The number of hydrogen-bond acceptors (Lipinski definition) is 4. The van der Waals surface area contributed by atoms with Crippen molar-refractivity contribution in [2.45, 2.75) is 0 Å². The van der Waals surface area contributed by atoms with Gasteiger partial charge in [-0.2, -0.15) is 0 Å².